The molecule has 0 radical (unpaired) electrons. The highest BCUT2D eigenvalue weighted by atomic mass is 35.5. The number of amides is 3. The van der Waals surface area contributed by atoms with Crippen molar-refractivity contribution in [2.45, 2.75) is 109 Å². The summed E-state index contributed by atoms with van der Waals surface area (Å²) in [6.07, 6.45) is 13.0. The first-order valence-electron chi connectivity index (χ1n) is 24.3. The Balaban J connectivity index is 0.725. The van der Waals surface area contributed by atoms with E-state index in [1.54, 1.807) is 31.2 Å². The number of carbonyl (C=O) groups is 3. The van der Waals surface area contributed by atoms with Crippen molar-refractivity contribution >= 4 is 46.6 Å². The van der Waals surface area contributed by atoms with Crippen LogP contribution >= 0.6 is 11.6 Å². The minimum absolute atomic E-state index is 0.0106. The monoisotopic (exact) mass is 938 g/mol. The van der Waals surface area contributed by atoms with Crippen molar-refractivity contribution < 1.29 is 19.1 Å². The summed E-state index contributed by atoms with van der Waals surface area (Å²) in [5.74, 6) is 2.33. The van der Waals surface area contributed by atoms with Gasteiger partial charge in [0, 0.05) is 106 Å². The van der Waals surface area contributed by atoms with Crippen LogP contribution in [0.2, 0.25) is 5.02 Å². The smallest absolute Gasteiger partial charge is 0.272 e. The fourth-order valence-electron chi connectivity index (χ4n) is 11.0. The topological polar surface area (TPSA) is 171 Å². The Kier molecular flexibility index (Phi) is 12.8. The van der Waals surface area contributed by atoms with Gasteiger partial charge in [-0.3, -0.25) is 23.7 Å². The molecule has 68 heavy (non-hydrogen) atoms. The van der Waals surface area contributed by atoms with Gasteiger partial charge in [0.15, 0.2) is 17.3 Å². The lowest BCUT2D eigenvalue weighted by Crippen LogP contribution is -2.46. The molecule has 2 saturated heterocycles. The first-order chi connectivity index (χ1) is 33.0. The molecule has 5 aromatic rings. The molecule has 10 rings (SSSR count). The molecule has 7 heterocycles. The molecule has 2 aromatic carbocycles. The minimum Gasteiger partial charge on any atom is -0.490 e. The molecule has 3 amide bonds. The van der Waals surface area contributed by atoms with Gasteiger partial charge < -0.3 is 29.7 Å². The van der Waals surface area contributed by atoms with Crippen LogP contribution in [-0.2, 0) is 36.0 Å². The molecule has 3 aromatic heterocycles. The van der Waals surface area contributed by atoms with Crippen LogP contribution in [0.25, 0.3) is 11.1 Å². The molecule has 0 spiro atoms. The Morgan fingerprint density at radius 1 is 0.882 bits per heavy atom. The van der Waals surface area contributed by atoms with Crippen molar-refractivity contribution in [3.05, 3.63) is 93.5 Å². The van der Waals surface area contributed by atoms with E-state index in [1.165, 1.54) is 28.1 Å². The Morgan fingerprint density at radius 2 is 1.68 bits per heavy atom. The van der Waals surface area contributed by atoms with Gasteiger partial charge in [0.2, 0.25) is 11.8 Å². The number of anilines is 3. The van der Waals surface area contributed by atoms with E-state index >= 15 is 0 Å². The molecule has 16 nitrogen and oxygen atoms in total. The zero-order valence-electron chi connectivity index (χ0n) is 39.2. The molecule has 0 atom stereocenters. The highest BCUT2D eigenvalue weighted by Gasteiger charge is 2.37. The van der Waals surface area contributed by atoms with Crippen LogP contribution in [0.15, 0.2) is 54.9 Å². The summed E-state index contributed by atoms with van der Waals surface area (Å²) >= 11 is 6.18. The Morgan fingerprint density at radius 3 is 2.37 bits per heavy atom. The van der Waals surface area contributed by atoms with Crippen LogP contribution in [0.5, 0.6) is 5.75 Å². The van der Waals surface area contributed by atoms with Gasteiger partial charge in [-0.25, -0.2) is 0 Å². The first kappa shape index (κ1) is 45.3. The maximum Gasteiger partial charge on any atom is 0.272 e. The van der Waals surface area contributed by atoms with Gasteiger partial charge in [0.05, 0.1) is 35.5 Å². The van der Waals surface area contributed by atoms with Crippen LogP contribution in [0.3, 0.4) is 0 Å². The number of fused-ring (bicyclic) bond motifs is 2. The van der Waals surface area contributed by atoms with E-state index in [0.717, 1.165) is 94.1 Å². The van der Waals surface area contributed by atoms with Gasteiger partial charge in [0.1, 0.15) is 11.8 Å². The SMILES string of the molecule is CC(=O)N1CCc2c(c(N3CCCc4cc(-c5cnn(C)c5)c(C)cc43)nn2C2CCN(C(=O)C3CCN(c4ccc(C(=O)NC5CCC(Oc6ccc(C#N)c(Cl)c6)CC5)nn4)CC3)CC2)C1. The highest BCUT2D eigenvalue weighted by molar-refractivity contribution is 6.31. The number of benzene rings is 2. The predicted octanol–water partition coefficient (Wildman–Crippen LogP) is 7.10. The summed E-state index contributed by atoms with van der Waals surface area (Å²) in [6.45, 7) is 8.68. The average molecular weight is 940 g/mol. The lowest BCUT2D eigenvalue weighted by molar-refractivity contribution is -0.137. The number of nitriles is 1. The van der Waals surface area contributed by atoms with Gasteiger partial charge in [-0.05, 0) is 124 Å². The van der Waals surface area contributed by atoms with E-state index in [0.29, 0.717) is 61.4 Å². The fourth-order valence-corrected chi connectivity index (χ4v) is 11.3. The Hall–Kier alpha value is -6.47. The number of hydrogen-bond acceptors (Lipinski definition) is 11. The van der Waals surface area contributed by atoms with Crippen molar-refractivity contribution in [1.82, 2.24) is 44.9 Å². The van der Waals surface area contributed by atoms with Crippen LogP contribution in [-0.4, -0.2) is 109 Å². The van der Waals surface area contributed by atoms with Gasteiger partial charge in [-0.15, -0.1) is 10.2 Å². The van der Waals surface area contributed by atoms with Gasteiger partial charge in [-0.1, -0.05) is 11.6 Å². The second-order valence-corrected chi connectivity index (χ2v) is 19.7. The molecule has 4 aliphatic heterocycles. The first-order valence-corrected chi connectivity index (χ1v) is 24.7. The summed E-state index contributed by atoms with van der Waals surface area (Å²) in [5, 5.41) is 31.2. The molecule has 354 valence electrons. The molecule has 17 heteroatoms. The third-order valence-electron chi connectivity index (χ3n) is 14.9. The summed E-state index contributed by atoms with van der Waals surface area (Å²) in [6, 6.07) is 15.6. The number of hydrogen-bond donors (Lipinski definition) is 1. The molecule has 5 aliphatic rings. The zero-order chi connectivity index (χ0) is 47.1. The molecule has 1 N–H and O–H groups in total. The average Bonchev–Trinajstić information content (AvgIpc) is 3.97. The van der Waals surface area contributed by atoms with Crippen molar-refractivity contribution in [3.63, 3.8) is 0 Å². The minimum atomic E-state index is -0.244. The number of aryl methyl sites for hydroxylation is 3. The maximum atomic E-state index is 14.0. The van der Waals surface area contributed by atoms with Crippen molar-refractivity contribution in [2.24, 2.45) is 13.0 Å². The lowest BCUT2D eigenvalue weighted by atomic mass is 9.92. The Bertz CT molecular complexity index is 2740. The lowest BCUT2D eigenvalue weighted by Gasteiger charge is -2.38. The van der Waals surface area contributed by atoms with E-state index in [2.05, 4.69) is 71.3 Å². The summed E-state index contributed by atoms with van der Waals surface area (Å²) in [4.78, 5) is 48.4. The standard InChI is InChI=1S/C51H59ClN12O4/c1-32-25-47-35(26-42(32)37-29-54-59(3)30-37)5-4-19-63(47)49-43-31-62(33(2)65)24-18-46(43)64(58-49)39-16-22-61(23-17-39)51(67)34-14-20-60(21-15-34)48-13-12-45(56-57-48)50(66)55-38-7-10-40(11-8-38)68-41-9-6-36(28-53)44(52)27-41/h6,9,12-13,25-27,29-30,34,38-40H,4-5,7-8,10-11,14-24,31H2,1-3H3,(H,55,66). The second kappa shape index (κ2) is 19.3. The number of ether oxygens (including phenoxy) is 1. The number of halogens is 1. The number of nitrogens with zero attached hydrogens (tertiary/aromatic N) is 11. The highest BCUT2D eigenvalue weighted by Crippen LogP contribution is 2.42. The number of likely N-dealkylation sites (tertiary alicyclic amines) is 1. The molecule has 0 bridgehead atoms. The summed E-state index contributed by atoms with van der Waals surface area (Å²) in [5.41, 5.74) is 9.08. The number of piperidine rings is 2. The van der Waals surface area contributed by atoms with Gasteiger partial charge >= 0.3 is 0 Å². The van der Waals surface area contributed by atoms with Crippen molar-refractivity contribution in [3.8, 4) is 22.9 Å². The van der Waals surface area contributed by atoms with Crippen LogP contribution in [0.4, 0.5) is 17.3 Å². The summed E-state index contributed by atoms with van der Waals surface area (Å²) < 4.78 is 10.2. The van der Waals surface area contributed by atoms with E-state index in [1.807, 2.05) is 28.9 Å². The quantitative estimate of drug-likeness (QED) is 0.160. The van der Waals surface area contributed by atoms with E-state index in [9.17, 15) is 14.4 Å². The predicted molar refractivity (Wildman–Crippen MR) is 258 cm³/mol. The largest absolute Gasteiger partial charge is 0.490 e. The van der Waals surface area contributed by atoms with E-state index < -0.39 is 0 Å². The second-order valence-electron chi connectivity index (χ2n) is 19.3. The zero-order valence-corrected chi connectivity index (χ0v) is 39.9. The maximum absolute atomic E-state index is 14.0. The molecular formula is C51H59ClN12O4. The van der Waals surface area contributed by atoms with E-state index in [4.69, 9.17) is 26.7 Å². The van der Waals surface area contributed by atoms with Crippen molar-refractivity contribution in [1.29, 1.82) is 5.26 Å². The third kappa shape index (κ3) is 9.24. The normalized spacial score (nSPS) is 20.1. The van der Waals surface area contributed by atoms with Gasteiger partial charge in [-0.2, -0.15) is 15.5 Å². The molecule has 0 unspecified atom stereocenters. The fraction of sp³-hybridized carbons (Fsp3) is 0.490. The third-order valence-corrected chi connectivity index (χ3v) is 15.2. The molecule has 1 saturated carbocycles. The summed E-state index contributed by atoms with van der Waals surface area (Å²) in [7, 11) is 1.95. The number of rotatable bonds is 9. The van der Waals surface area contributed by atoms with E-state index in [-0.39, 0.29) is 47.5 Å². The van der Waals surface area contributed by atoms with Crippen LogP contribution < -0.4 is 19.9 Å². The number of nitrogens with one attached hydrogen (secondary N) is 1. The van der Waals surface area contributed by atoms with Crippen LogP contribution in [0, 0.1) is 24.2 Å². The van der Waals surface area contributed by atoms with Crippen molar-refractivity contribution in [2.75, 3.05) is 49.1 Å². The number of aromatic nitrogens is 6. The van der Waals surface area contributed by atoms with Gasteiger partial charge in [0.25, 0.3) is 5.91 Å². The molecule has 3 fully saturated rings. The Labute approximate surface area is 402 Å². The molecule has 1 aliphatic carbocycles. The number of carbonyl (C=O) groups excluding carboxylic acids is 3. The molecular weight excluding hydrogens is 880 g/mol. The van der Waals surface area contributed by atoms with Crippen LogP contribution in [0.1, 0.15) is 109 Å².